The molecule has 22 heavy (non-hydrogen) atoms. The molecule has 2 N–H and O–H groups in total. The number of nitrogens with one attached hydrogen (secondary N) is 2. The standard InChI is InChI=1S/C17H28N4O/c1-2-19-16(22)13-20-10-5-17(6-11-20)7-12-21(14-17)15-3-8-18-9-4-15/h3-4,8,18H,2,5-7,9-14H2,1H3,(H,19,22). The Labute approximate surface area is 133 Å². The highest BCUT2D eigenvalue weighted by atomic mass is 16.2. The number of likely N-dealkylation sites (N-methyl/N-ethyl adjacent to an activating group) is 1. The molecular formula is C17H28N4O. The molecule has 1 spiro atoms. The smallest absolute Gasteiger partial charge is 0.234 e. The van der Waals surface area contributed by atoms with Crippen molar-refractivity contribution in [1.82, 2.24) is 20.4 Å². The molecule has 0 atom stereocenters. The second-order valence-electron chi connectivity index (χ2n) is 6.77. The number of rotatable bonds is 4. The molecule has 0 aromatic carbocycles. The largest absolute Gasteiger partial charge is 0.387 e. The maximum Gasteiger partial charge on any atom is 0.234 e. The molecule has 0 saturated carbocycles. The van der Waals surface area contributed by atoms with Gasteiger partial charge in [0.1, 0.15) is 0 Å². The molecular weight excluding hydrogens is 276 g/mol. The van der Waals surface area contributed by atoms with Gasteiger partial charge in [0.15, 0.2) is 0 Å². The molecule has 5 heteroatoms. The normalized spacial score (nSPS) is 24.2. The molecule has 3 aliphatic rings. The van der Waals surface area contributed by atoms with Crippen molar-refractivity contribution in [3.05, 3.63) is 24.0 Å². The highest BCUT2D eigenvalue weighted by Gasteiger charge is 2.41. The number of hydrogen-bond donors (Lipinski definition) is 2. The molecule has 2 saturated heterocycles. The summed E-state index contributed by atoms with van der Waals surface area (Å²) in [6, 6.07) is 0. The lowest BCUT2D eigenvalue weighted by Gasteiger charge is -2.39. The third-order valence-corrected chi connectivity index (χ3v) is 5.26. The van der Waals surface area contributed by atoms with E-state index < -0.39 is 0 Å². The van der Waals surface area contributed by atoms with E-state index in [1.807, 2.05) is 6.92 Å². The minimum absolute atomic E-state index is 0.163. The maximum atomic E-state index is 11.7. The lowest BCUT2D eigenvalue weighted by molar-refractivity contribution is -0.122. The van der Waals surface area contributed by atoms with E-state index in [4.69, 9.17) is 0 Å². The molecule has 1 amide bonds. The molecule has 2 fully saturated rings. The minimum atomic E-state index is 0.163. The minimum Gasteiger partial charge on any atom is -0.387 e. The zero-order chi connectivity index (χ0) is 15.4. The van der Waals surface area contributed by atoms with Gasteiger partial charge in [0.25, 0.3) is 0 Å². The summed E-state index contributed by atoms with van der Waals surface area (Å²) in [7, 11) is 0. The molecule has 0 aliphatic carbocycles. The first kappa shape index (κ1) is 15.4. The van der Waals surface area contributed by atoms with Gasteiger partial charge in [-0.15, -0.1) is 0 Å². The molecule has 122 valence electrons. The van der Waals surface area contributed by atoms with Gasteiger partial charge in [-0.1, -0.05) is 0 Å². The van der Waals surface area contributed by atoms with Gasteiger partial charge in [-0.2, -0.15) is 0 Å². The van der Waals surface area contributed by atoms with Gasteiger partial charge in [0.05, 0.1) is 6.54 Å². The van der Waals surface area contributed by atoms with E-state index in [0.29, 0.717) is 12.0 Å². The highest BCUT2D eigenvalue weighted by molar-refractivity contribution is 5.77. The average molecular weight is 304 g/mol. The predicted octanol–water partition coefficient (Wildman–Crippen LogP) is 0.911. The van der Waals surface area contributed by atoms with Crippen LogP contribution in [0.3, 0.4) is 0 Å². The number of carbonyl (C=O) groups is 1. The van der Waals surface area contributed by atoms with Crippen molar-refractivity contribution in [2.45, 2.75) is 26.2 Å². The maximum absolute atomic E-state index is 11.7. The van der Waals surface area contributed by atoms with Gasteiger partial charge < -0.3 is 15.5 Å². The molecule has 0 aromatic rings. The molecule has 0 bridgehead atoms. The van der Waals surface area contributed by atoms with Crippen molar-refractivity contribution >= 4 is 5.91 Å². The Morgan fingerprint density at radius 2 is 2.09 bits per heavy atom. The monoisotopic (exact) mass is 304 g/mol. The van der Waals surface area contributed by atoms with Crippen molar-refractivity contribution < 1.29 is 4.79 Å². The number of amides is 1. The number of nitrogens with zero attached hydrogens (tertiary/aromatic N) is 2. The number of hydrogen-bond acceptors (Lipinski definition) is 4. The summed E-state index contributed by atoms with van der Waals surface area (Å²) in [6.07, 6.45) is 10.3. The van der Waals surface area contributed by atoms with Gasteiger partial charge >= 0.3 is 0 Å². The summed E-state index contributed by atoms with van der Waals surface area (Å²) < 4.78 is 0. The summed E-state index contributed by atoms with van der Waals surface area (Å²) in [5.74, 6) is 0.163. The topological polar surface area (TPSA) is 47.6 Å². The van der Waals surface area contributed by atoms with Crippen LogP contribution < -0.4 is 10.6 Å². The third kappa shape index (κ3) is 3.46. The van der Waals surface area contributed by atoms with Crippen molar-refractivity contribution in [3.63, 3.8) is 0 Å². The van der Waals surface area contributed by atoms with Crippen molar-refractivity contribution in [1.29, 1.82) is 0 Å². The van der Waals surface area contributed by atoms with E-state index in [-0.39, 0.29) is 5.91 Å². The molecule has 0 radical (unpaired) electrons. The molecule has 3 aliphatic heterocycles. The van der Waals surface area contributed by atoms with E-state index in [9.17, 15) is 4.79 Å². The number of allylic oxidation sites excluding steroid dienone is 1. The van der Waals surface area contributed by atoms with Crippen LogP contribution in [0.25, 0.3) is 0 Å². The molecule has 0 unspecified atom stereocenters. The molecule has 5 nitrogen and oxygen atoms in total. The summed E-state index contributed by atoms with van der Waals surface area (Å²) >= 11 is 0. The van der Waals surface area contributed by atoms with E-state index >= 15 is 0 Å². The van der Waals surface area contributed by atoms with Crippen molar-refractivity contribution in [3.8, 4) is 0 Å². The fraction of sp³-hybridized carbons (Fsp3) is 0.706. The van der Waals surface area contributed by atoms with Gasteiger partial charge in [-0.25, -0.2) is 0 Å². The zero-order valence-corrected chi connectivity index (χ0v) is 13.6. The Kier molecular flexibility index (Phi) is 4.71. The fourth-order valence-corrected chi connectivity index (χ4v) is 3.88. The van der Waals surface area contributed by atoms with Gasteiger partial charge in [-0.05, 0) is 63.0 Å². The second-order valence-corrected chi connectivity index (χ2v) is 6.77. The fourth-order valence-electron chi connectivity index (χ4n) is 3.88. The van der Waals surface area contributed by atoms with E-state index in [1.54, 1.807) is 0 Å². The third-order valence-electron chi connectivity index (χ3n) is 5.26. The van der Waals surface area contributed by atoms with Crippen LogP contribution in [0.1, 0.15) is 26.2 Å². The Hall–Kier alpha value is -1.49. The van der Waals surface area contributed by atoms with Crippen LogP contribution in [0, 0.1) is 5.41 Å². The molecule has 3 rings (SSSR count). The van der Waals surface area contributed by atoms with Crippen LogP contribution >= 0.6 is 0 Å². The van der Waals surface area contributed by atoms with E-state index in [1.165, 1.54) is 38.0 Å². The number of dihydropyridines is 1. The Bertz CT molecular complexity index is 463. The van der Waals surface area contributed by atoms with Crippen LogP contribution in [0.2, 0.25) is 0 Å². The Morgan fingerprint density at radius 3 is 2.77 bits per heavy atom. The Morgan fingerprint density at radius 1 is 1.32 bits per heavy atom. The molecule has 3 heterocycles. The summed E-state index contributed by atoms with van der Waals surface area (Å²) in [4.78, 5) is 16.5. The summed E-state index contributed by atoms with van der Waals surface area (Å²) in [5, 5.41) is 6.11. The van der Waals surface area contributed by atoms with Crippen LogP contribution in [0.4, 0.5) is 0 Å². The number of carbonyl (C=O) groups excluding carboxylic acids is 1. The lowest BCUT2D eigenvalue weighted by Crippen LogP contribution is -2.45. The van der Waals surface area contributed by atoms with Crippen molar-refractivity contribution in [2.75, 3.05) is 45.8 Å². The predicted molar refractivity (Wildman–Crippen MR) is 88.2 cm³/mol. The van der Waals surface area contributed by atoms with Crippen molar-refractivity contribution in [2.24, 2.45) is 5.41 Å². The first-order valence-electron chi connectivity index (χ1n) is 8.55. The van der Waals surface area contributed by atoms with Gasteiger partial charge in [0, 0.05) is 31.9 Å². The Balaban J connectivity index is 1.50. The van der Waals surface area contributed by atoms with Crippen LogP contribution in [-0.2, 0) is 4.79 Å². The highest BCUT2D eigenvalue weighted by Crippen LogP contribution is 2.41. The van der Waals surface area contributed by atoms with Crippen LogP contribution in [-0.4, -0.2) is 61.5 Å². The van der Waals surface area contributed by atoms with E-state index in [2.05, 4.69) is 38.8 Å². The van der Waals surface area contributed by atoms with Crippen LogP contribution in [0.5, 0.6) is 0 Å². The molecule has 0 aromatic heterocycles. The first-order valence-corrected chi connectivity index (χ1v) is 8.55. The SMILES string of the molecule is CCNC(=O)CN1CCC2(CC1)CCN(C1=CCNC=C1)C2. The first-order chi connectivity index (χ1) is 10.7. The number of likely N-dealkylation sites (tertiary alicyclic amines) is 2. The zero-order valence-electron chi connectivity index (χ0n) is 13.6. The lowest BCUT2D eigenvalue weighted by atomic mass is 9.78. The average Bonchev–Trinajstić information content (AvgIpc) is 2.95. The summed E-state index contributed by atoms with van der Waals surface area (Å²) in [6.45, 7) is 8.67. The number of piperidine rings is 1. The van der Waals surface area contributed by atoms with E-state index in [0.717, 1.165) is 26.2 Å². The van der Waals surface area contributed by atoms with Gasteiger partial charge in [-0.3, -0.25) is 9.69 Å². The summed E-state index contributed by atoms with van der Waals surface area (Å²) in [5.41, 5.74) is 1.84. The van der Waals surface area contributed by atoms with Gasteiger partial charge in [0.2, 0.25) is 5.91 Å². The quantitative estimate of drug-likeness (QED) is 0.810. The van der Waals surface area contributed by atoms with Crippen LogP contribution in [0.15, 0.2) is 24.0 Å². The second kappa shape index (κ2) is 6.73.